The van der Waals surface area contributed by atoms with E-state index < -0.39 is 0 Å². The molecular formula is C14H16INS. The summed E-state index contributed by atoms with van der Waals surface area (Å²) < 4.78 is 1.27. The molecule has 0 aliphatic heterocycles. The highest BCUT2D eigenvalue weighted by atomic mass is 127. The smallest absolute Gasteiger partial charge is 0.0496 e. The molecule has 0 radical (unpaired) electrons. The van der Waals surface area contributed by atoms with Gasteiger partial charge in [-0.3, -0.25) is 0 Å². The Labute approximate surface area is 120 Å². The highest BCUT2D eigenvalue weighted by Gasteiger charge is 2.11. The number of halogens is 1. The van der Waals surface area contributed by atoms with Crippen LogP contribution in [0.25, 0.3) is 0 Å². The van der Waals surface area contributed by atoms with Crippen molar-refractivity contribution in [3.8, 4) is 0 Å². The molecule has 0 bridgehead atoms. The molecule has 1 heterocycles. The van der Waals surface area contributed by atoms with E-state index in [2.05, 4.69) is 79.0 Å². The minimum atomic E-state index is 0.357. The molecule has 0 aliphatic rings. The molecule has 1 aromatic carbocycles. The van der Waals surface area contributed by atoms with Crippen molar-refractivity contribution in [3.63, 3.8) is 0 Å². The van der Waals surface area contributed by atoms with Gasteiger partial charge in [0.25, 0.3) is 0 Å². The van der Waals surface area contributed by atoms with Crippen molar-refractivity contribution in [2.24, 2.45) is 0 Å². The van der Waals surface area contributed by atoms with Crippen LogP contribution >= 0.6 is 33.9 Å². The van der Waals surface area contributed by atoms with E-state index in [-0.39, 0.29) is 0 Å². The maximum atomic E-state index is 3.58. The number of nitrogens with one attached hydrogen (secondary N) is 1. The molecule has 0 fully saturated rings. The quantitative estimate of drug-likeness (QED) is 0.750. The minimum absolute atomic E-state index is 0.357. The largest absolute Gasteiger partial charge is 0.378 e. The minimum Gasteiger partial charge on any atom is -0.378 e. The summed E-state index contributed by atoms with van der Waals surface area (Å²) in [5, 5.41) is 3.58. The van der Waals surface area contributed by atoms with Crippen LogP contribution in [0.2, 0.25) is 0 Å². The van der Waals surface area contributed by atoms with E-state index in [0.29, 0.717) is 6.04 Å². The Kier molecular flexibility index (Phi) is 4.09. The van der Waals surface area contributed by atoms with Crippen LogP contribution in [0.4, 0.5) is 5.69 Å². The summed E-state index contributed by atoms with van der Waals surface area (Å²) in [6.07, 6.45) is 0. The molecule has 2 aromatic rings. The number of thiophene rings is 1. The first-order valence-corrected chi connectivity index (χ1v) is 7.55. The molecule has 0 amide bonds. The molecule has 0 aliphatic carbocycles. The van der Waals surface area contributed by atoms with Crippen molar-refractivity contribution in [1.29, 1.82) is 0 Å². The highest BCUT2D eigenvalue weighted by Crippen LogP contribution is 2.29. The van der Waals surface area contributed by atoms with Crippen molar-refractivity contribution >= 4 is 39.6 Å². The standard InChI is InChI=1S/C14H16INS/c1-9-8-12(11(3)17-9)10(2)16-14-7-5-4-6-13(14)15/h4-8,10,16H,1-3H3. The molecule has 2 rings (SSSR count). The van der Waals surface area contributed by atoms with Crippen LogP contribution < -0.4 is 5.32 Å². The topological polar surface area (TPSA) is 12.0 Å². The van der Waals surface area contributed by atoms with Crippen molar-refractivity contribution in [1.82, 2.24) is 0 Å². The van der Waals surface area contributed by atoms with Crippen molar-refractivity contribution < 1.29 is 0 Å². The Hall–Kier alpha value is -0.550. The zero-order valence-corrected chi connectivity index (χ0v) is 13.2. The van der Waals surface area contributed by atoms with Gasteiger partial charge in [-0.25, -0.2) is 0 Å². The Balaban J connectivity index is 2.20. The van der Waals surface area contributed by atoms with Gasteiger partial charge >= 0.3 is 0 Å². The lowest BCUT2D eigenvalue weighted by Crippen LogP contribution is -2.07. The first kappa shape index (κ1) is 12.9. The second kappa shape index (κ2) is 5.40. The predicted molar refractivity (Wildman–Crippen MR) is 85.0 cm³/mol. The average molecular weight is 357 g/mol. The molecule has 1 atom stereocenters. The molecule has 17 heavy (non-hydrogen) atoms. The molecular weight excluding hydrogens is 341 g/mol. The third-order valence-corrected chi connectivity index (χ3v) is 4.71. The number of benzene rings is 1. The van der Waals surface area contributed by atoms with E-state index in [1.807, 2.05) is 11.3 Å². The Morgan fingerprint density at radius 3 is 2.53 bits per heavy atom. The first-order valence-electron chi connectivity index (χ1n) is 5.66. The summed E-state index contributed by atoms with van der Waals surface area (Å²) in [5.41, 5.74) is 2.62. The van der Waals surface area contributed by atoms with Gasteiger partial charge in [0.15, 0.2) is 0 Å². The lowest BCUT2D eigenvalue weighted by atomic mass is 10.1. The Bertz CT molecular complexity index is 519. The number of anilines is 1. The molecule has 0 saturated carbocycles. The van der Waals surface area contributed by atoms with Crippen LogP contribution in [0, 0.1) is 17.4 Å². The zero-order valence-electron chi connectivity index (χ0n) is 10.3. The van der Waals surface area contributed by atoms with E-state index in [9.17, 15) is 0 Å². The number of aryl methyl sites for hydroxylation is 2. The number of hydrogen-bond acceptors (Lipinski definition) is 2. The van der Waals surface area contributed by atoms with Crippen molar-refractivity contribution in [2.45, 2.75) is 26.8 Å². The lowest BCUT2D eigenvalue weighted by Gasteiger charge is -2.16. The van der Waals surface area contributed by atoms with Crippen LogP contribution in [0.3, 0.4) is 0 Å². The van der Waals surface area contributed by atoms with Crippen molar-refractivity contribution in [2.75, 3.05) is 5.32 Å². The van der Waals surface area contributed by atoms with Crippen LogP contribution in [-0.2, 0) is 0 Å². The van der Waals surface area contributed by atoms with Gasteiger partial charge in [0.05, 0.1) is 0 Å². The molecule has 1 N–H and O–H groups in total. The van der Waals surface area contributed by atoms with Gasteiger partial charge in [-0.05, 0) is 67.1 Å². The Morgan fingerprint density at radius 2 is 1.94 bits per heavy atom. The molecule has 1 nitrogen and oxygen atoms in total. The zero-order chi connectivity index (χ0) is 12.4. The summed E-state index contributed by atoms with van der Waals surface area (Å²) in [6, 6.07) is 11.0. The fraction of sp³-hybridized carbons (Fsp3) is 0.286. The van der Waals surface area contributed by atoms with Crippen LogP contribution in [-0.4, -0.2) is 0 Å². The molecule has 3 heteroatoms. The summed E-state index contributed by atoms with van der Waals surface area (Å²) in [5.74, 6) is 0. The molecule has 0 saturated heterocycles. The Morgan fingerprint density at radius 1 is 1.24 bits per heavy atom. The second-order valence-corrected chi connectivity index (χ2v) is 6.84. The third kappa shape index (κ3) is 3.01. The van der Waals surface area contributed by atoms with Gasteiger partial charge in [-0.2, -0.15) is 0 Å². The first-order chi connectivity index (χ1) is 8.08. The normalized spacial score (nSPS) is 12.5. The van der Waals surface area contributed by atoms with Crippen LogP contribution in [0.15, 0.2) is 30.3 Å². The van der Waals surface area contributed by atoms with Crippen LogP contribution in [0.1, 0.15) is 28.3 Å². The SMILES string of the molecule is Cc1cc(C(C)Nc2ccccc2I)c(C)s1. The van der Waals surface area contributed by atoms with E-state index >= 15 is 0 Å². The maximum Gasteiger partial charge on any atom is 0.0496 e. The van der Waals surface area contributed by atoms with E-state index in [4.69, 9.17) is 0 Å². The highest BCUT2D eigenvalue weighted by molar-refractivity contribution is 14.1. The maximum absolute atomic E-state index is 3.58. The fourth-order valence-corrected chi connectivity index (χ4v) is 3.54. The third-order valence-electron chi connectivity index (χ3n) is 2.79. The van der Waals surface area contributed by atoms with E-state index in [1.165, 1.54) is 24.6 Å². The number of hydrogen-bond donors (Lipinski definition) is 1. The van der Waals surface area contributed by atoms with Gasteiger partial charge in [0.2, 0.25) is 0 Å². The van der Waals surface area contributed by atoms with Gasteiger partial charge in [0.1, 0.15) is 0 Å². The van der Waals surface area contributed by atoms with E-state index in [1.54, 1.807) is 0 Å². The molecule has 1 unspecified atom stereocenters. The molecule has 0 spiro atoms. The van der Waals surface area contributed by atoms with Gasteiger partial charge < -0.3 is 5.32 Å². The van der Waals surface area contributed by atoms with Gasteiger partial charge in [0, 0.05) is 25.1 Å². The van der Waals surface area contributed by atoms with Crippen molar-refractivity contribution in [3.05, 3.63) is 49.2 Å². The summed E-state index contributed by atoms with van der Waals surface area (Å²) in [7, 11) is 0. The molecule has 1 aromatic heterocycles. The summed E-state index contributed by atoms with van der Waals surface area (Å²) in [6.45, 7) is 6.58. The number of rotatable bonds is 3. The van der Waals surface area contributed by atoms with Crippen LogP contribution in [0.5, 0.6) is 0 Å². The summed E-state index contributed by atoms with van der Waals surface area (Å²) >= 11 is 4.24. The fourth-order valence-electron chi connectivity index (χ4n) is 1.97. The van der Waals surface area contributed by atoms with E-state index in [0.717, 1.165) is 0 Å². The molecule has 90 valence electrons. The summed E-state index contributed by atoms with van der Waals surface area (Å²) in [4.78, 5) is 2.79. The number of para-hydroxylation sites is 1. The van der Waals surface area contributed by atoms with Gasteiger partial charge in [-0.1, -0.05) is 12.1 Å². The average Bonchev–Trinajstić information content (AvgIpc) is 2.61. The monoisotopic (exact) mass is 357 g/mol. The second-order valence-electron chi connectivity index (χ2n) is 4.21. The lowest BCUT2D eigenvalue weighted by molar-refractivity contribution is 0.880. The predicted octanol–water partition coefficient (Wildman–Crippen LogP) is 5.14. The van der Waals surface area contributed by atoms with Gasteiger partial charge in [-0.15, -0.1) is 11.3 Å².